The van der Waals surface area contributed by atoms with Crippen LogP contribution in [0.15, 0.2) is 40.9 Å². The summed E-state index contributed by atoms with van der Waals surface area (Å²) in [6.07, 6.45) is 0. The highest BCUT2D eigenvalue weighted by molar-refractivity contribution is 9.10. The van der Waals surface area contributed by atoms with Crippen LogP contribution < -0.4 is 4.74 Å². The topological polar surface area (TPSA) is 70.3 Å². The third-order valence-electron chi connectivity index (χ3n) is 2.46. The Morgan fingerprint density at radius 3 is 2.60 bits per heavy atom. The zero-order valence-electron chi connectivity index (χ0n) is 9.93. The van der Waals surface area contributed by atoms with E-state index in [9.17, 15) is 9.18 Å². The lowest BCUT2D eigenvalue weighted by molar-refractivity contribution is 0.0696. The summed E-state index contributed by atoms with van der Waals surface area (Å²) in [7, 11) is 0. The van der Waals surface area contributed by atoms with Crippen molar-refractivity contribution >= 4 is 21.9 Å². The number of carboxylic acids is 1. The molecule has 20 heavy (non-hydrogen) atoms. The number of hydrogen-bond acceptors (Lipinski definition) is 3. The van der Waals surface area contributed by atoms with Crippen LogP contribution in [-0.4, -0.2) is 11.1 Å². The number of rotatable bonds is 3. The standard InChI is InChI=1S/C14H7BrFNO3/c15-10-3-2-9(14(18)19)6-13(10)20-12-4-1-8(7-17)5-11(12)16/h1-6H,(H,18,19). The summed E-state index contributed by atoms with van der Waals surface area (Å²) in [6, 6.07) is 9.76. The van der Waals surface area contributed by atoms with Gasteiger partial charge in [0.25, 0.3) is 0 Å². The second-order valence-corrected chi connectivity index (χ2v) is 4.66. The zero-order valence-corrected chi connectivity index (χ0v) is 11.5. The average molecular weight is 336 g/mol. The fourth-order valence-corrected chi connectivity index (χ4v) is 1.81. The van der Waals surface area contributed by atoms with E-state index < -0.39 is 11.8 Å². The molecule has 0 amide bonds. The van der Waals surface area contributed by atoms with Gasteiger partial charge in [0, 0.05) is 0 Å². The molecule has 0 fully saturated rings. The maximum Gasteiger partial charge on any atom is 0.335 e. The maximum absolute atomic E-state index is 13.7. The van der Waals surface area contributed by atoms with E-state index in [4.69, 9.17) is 15.1 Å². The molecular formula is C14H7BrFNO3. The second kappa shape index (κ2) is 5.72. The first-order valence-corrected chi connectivity index (χ1v) is 6.21. The summed E-state index contributed by atoms with van der Waals surface area (Å²) >= 11 is 3.20. The molecule has 0 unspecified atom stereocenters. The van der Waals surface area contributed by atoms with E-state index in [1.165, 1.54) is 30.3 Å². The molecule has 6 heteroatoms. The van der Waals surface area contributed by atoms with Gasteiger partial charge in [0.2, 0.25) is 0 Å². The number of carboxylic acid groups (broad SMARTS) is 1. The number of ether oxygens (including phenoxy) is 1. The van der Waals surface area contributed by atoms with E-state index in [2.05, 4.69) is 15.9 Å². The number of halogens is 2. The Morgan fingerprint density at radius 2 is 2.00 bits per heavy atom. The van der Waals surface area contributed by atoms with Gasteiger partial charge in [0.15, 0.2) is 11.6 Å². The number of nitriles is 1. The van der Waals surface area contributed by atoms with Crippen LogP contribution in [0.25, 0.3) is 0 Å². The first-order chi connectivity index (χ1) is 9.51. The summed E-state index contributed by atoms with van der Waals surface area (Å²) < 4.78 is 19.5. The number of hydrogen-bond donors (Lipinski definition) is 1. The lowest BCUT2D eigenvalue weighted by Gasteiger charge is -2.09. The molecule has 100 valence electrons. The van der Waals surface area contributed by atoms with E-state index in [-0.39, 0.29) is 22.6 Å². The van der Waals surface area contributed by atoms with Crippen LogP contribution in [-0.2, 0) is 0 Å². The number of benzene rings is 2. The predicted octanol–water partition coefficient (Wildman–Crippen LogP) is 3.95. The minimum atomic E-state index is -1.11. The van der Waals surface area contributed by atoms with E-state index in [0.29, 0.717) is 4.47 Å². The minimum absolute atomic E-state index is 0.0252. The molecule has 0 aliphatic heterocycles. The first kappa shape index (κ1) is 14.0. The van der Waals surface area contributed by atoms with Gasteiger partial charge in [0.05, 0.1) is 21.7 Å². The summed E-state index contributed by atoms with van der Waals surface area (Å²) in [4.78, 5) is 10.9. The molecule has 0 heterocycles. The molecule has 0 saturated carbocycles. The largest absolute Gasteiger partial charge is 0.478 e. The number of carbonyl (C=O) groups is 1. The average Bonchev–Trinajstić information content (AvgIpc) is 2.42. The lowest BCUT2D eigenvalue weighted by Crippen LogP contribution is -1.97. The molecule has 0 aliphatic carbocycles. The summed E-state index contributed by atoms with van der Waals surface area (Å²) in [5.74, 6) is -1.72. The Balaban J connectivity index is 2.37. The monoisotopic (exact) mass is 335 g/mol. The Labute approximate surface area is 122 Å². The van der Waals surface area contributed by atoms with Crippen LogP contribution >= 0.6 is 15.9 Å². The van der Waals surface area contributed by atoms with Gasteiger partial charge >= 0.3 is 5.97 Å². The van der Waals surface area contributed by atoms with E-state index in [0.717, 1.165) is 6.07 Å². The summed E-state index contributed by atoms with van der Waals surface area (Å²) in [5.41, 5.74) is 0.199. The normalized spacial score (nSPS) is 9.85. The Kier molecular flexibility index (Phi) is 4.01. The van der Waals surface area contributed by atoms with Gasteiger partial charge in [-0.15, -0.1) is 0 Å². The first-order valence-electron chi connectivity index (χ1n) is 5.41. The number of aromatic carboxylic acids is 1. The minimum Gasteiger partial charge on any atom is -0.478 e. The molecule has 0 bridgehead atoms. The summed E-state index contributed by atoms with van der Waals surface area (Å²) in [6.45, 7) is 0. The molecule has 0 radical (unpaired) electrons. The van der Waals surface area contributed by atoms with Crippen LogP contribution in [0.2, 0.25) is 0 Å². The molecule has 2 rings (SSSR count). The van der Waals surface area contributed by atoms with E-state index in [1.54, 1.807) is 0 Å². The van der Waals surface area contributed by atoms with Crippen LogP contribution in [0.3, 0.4) is 0 Å². The van der Waals surface area contributed by atoms with Gasteiger partial charge in [-0.3, -0.25) is 0 Å². The molecular weight excluding hydrogens is 329 g/mol. The van der Waals surface area contributed by atoms with Crippen LogP contribution in [0.4, 0.5) is 4.39 Å². The third-order valence-corrected chi connectivity index (χ3v) is 3.11. The molecule has 0 saturated heterocycles. The van der Waals surface area contributed by atoms with Crippen LogP contribution in [0.1, 0.15) is 15.9 Å². The molecule has 0 aliphatic rings. The third kappa shape index (κ3) is 2.95. The van der Waals surface area contributed by atoms with Gasteiger partial charge in [-0.05, 0) is 52.3 Å². The van der Waals surface area contributed by atoms with Crippen molar-refractivity contribution in [3.05, 3.63) is 57.8 Å². The maximum atomic E-state index is 13.7. The highest BCUT2D eigenvalue weighted by Crippen LogP contribution is 2.32. The molecule has 2 aromatic carbocycles. The van der Waals surface area contributed by atoms with Gasteiger partial charge in [-0.2, -0.15) is 5.26 Å². The molecule has 0 atom stereocenters. The van der Waals surface area contributed by atoms with Gasteiger partial charge in [-0.1, -0.05) is 0 Å². The molecule has 0 spiro atoms. The van der Waals surface area contributed by atoms with Crippen molar-refractivity contribution < 1.29 is 19.0 Å². The highest BCUT2D eigenvalue weighted by atomic mass is 79.9. The Bertz CT molecular complexity index is 725. The zero-order chi connectivity index (χ0) is 14.7. The Morgan fingerprint density at radius 1 is 1.25 bits per heavy atom. The quantitative estimate of drug-likeness (QED) is 0.921. The predicted molar refractivity (Wildman–Crippen MR) is 72.3 cm³/mol. The fraction of sp³-hybridized carbons (Fsp3) is 0. The van der Waals surface area contributed by atoms with Crippen LogP contribution in [0, 0.1) is 17.1 Å². The number of nitrogens with zero attached hydrogens (tertiary/aromatic N) is 1. The SMILES string of the molecule is N#Cc1ccc(Oc2cc(C(=O)O)ccc2Br)c(F)c1. The van der Waals surface area contributed by atoms with Gasteiger partial charge in [0.1, 0.15) is 5.75 Å². The van der Waals surface area contributed by atoms with Crippen molar-refractivity contribution in [3.63, 3.8) is 0 Å². The Hall–Kier alpha value is -2.39. The van der Waals surface area contributed by atoms with Crippen molar-refractivity contribution in [2.24, 2.45) is 0 Å². The van der Waals surface area contributed by atoms with Crippen molar-refractivity contribution in [3.8, 4) is 17.6 Å². The summed E-state index contributed by atoms with van der Waals surface area (Å²) in [5, 5.41) is 17.6. The van der Waals surface area contributed by atoms with Crippen molar-refractivity contribution in [1.29, 1.82) is 5.26 Å². The smallest absolute Gasteiger partial charge is 0.335 e. The second-order valence-electron chi connectivity index (χ2n) is 3.81. The highest BCUT2D eigenvalue weighted by Gasteiger charge is 2.11. The molecule has 2 aromatic rings. The van der Waals surface area contributed by atoms with Crippen LogP contribution in [0.5, 0.6) is 11.5 Å². The molecule has 4 nitrogen and oxygen atoms in total. The molecule has 0 aromatic heterocycles. The van der Waals surface area contributed by atoms with Gasteiger partial charge in [-0.25, -0.2) is 9.18 Å². The fourth-order valence-electron chi connectivity index (χ4n) is 1.49. The lowest BCUT2D eigenvalue weighted by atomic mass is 10.2. The van der Waals surface area contributed by atoms with E-state index in [1.807, 2.05) is 6.07 Å². The molecule has 1 N–H and O–H groups in total. The van der Waals surface area contributed by atoms with Crippen molar-refractivity contribution in [2.75, 3.05) is 0 Å². The van der Waals surface area contributed by atoms with E-state index >= 15 is 0 Å². The van der Waals surface area contributed by atoms with Gasteiger partial charge < -0.3 is 9.84 Å². The van der Waals surface area contributed by atoms with Crippen molar-refractivity contribution in [1.82, 2.24) is 0 Å². The van der Waals surface area contributed by atoms with Crippen molar-refractivity contribution in [2.45, 2.75) is 0 Å².